The molecule has 0 N–H and O–H groups in total. The van der Waals surface area contributed by atoms with Crippen LogP contribution in [0.25, 0.3) is 10.9 Å². The van der Waals surface area contributed by atoms with E-state index in [9.17, 15) is 0 Å². The Morgan fingerprint density at radius 1 is 1.18 bits per heavy atom. The van der Waals surface area contributed by atoms with Crippen molar-refractivity contribution in [3.63, 3.8) is 0 Å². The van der Waals surface area contributed by atoms with Gasteiger partial charge in [0, 0.05) is 0 Å². The van der Waals surface area contributed by atoms with Crippen LogP contribution >= 0.6 is 0 Å². The third-order valence-corrected chi connectivity index (χ3v) is 2.27. The van der Waals surface area contributed by atoms with E-state index in [1.807, 2.05) is 24.3 Å². The Balaban J connectivity index is 2.91. The van der Waals surface area contributed by atoms with Crippen molar-refractivity contribution in [2.75, 3.05) is 0 Å². The summed E-state index contributed by atoms with van der Waals surface area (Å²) in [6.07, 6.45) is 1.75. The zero-order valence-electron chi connectivity index (χ0n) is 5.73. The first kappa shape index (κ1) is 6.81. The van der Waals surface area contributed by atoms with Crippen LogP contribution in [0.1, 0.15) is 0 Å². The van der Waals surface area contributed by atoms with Gasteiger partial charge in [0.1, 0.15) is 0 Å². The predicted molar refractivity (Wildman–Crippen MR) is 44.9 cm³/mol. The number of hydrogen-bond acceptors (Lipinski definition) is 2. The first-order chi connectivity index (χ1) is 5.38. The number of nitrogens with zero attached hydrogens (tertiary/aromatic N) is 2. The maximum absolute atomic E-state index is 3.98. The second kappa shape index (κ2) is 2.63. The molecule has 0 saturated heterocycles. The average molecular weight is 204 g/mol. The summed E-state index contributed by atoms with van der Waals surface area (Å²) in [5.41, 5.74) is 0.950. The van der Waals surface area contributed by atoms with E-state index >= 15 is 0 Å². The van der Waals surface area contributed by atoms with Gasteiger partial charge in [-0.15, -0.1) is 0 Å². The van der Waals surface area contributed by atoms with Crippen molar-refractivity contribution in [3.05, 3.63) is 30.5 Å². The molecule has 0 aliphatic rings. The van der Waals surface area contributed by atoms with Crippen molar-refractivity contribution in [3.8, 4) is 0 Å². The number of benzene rings is 1. The van der Waals surface area contributed by atoms with Gasteiger partial charge < -0.3 is 0 Å². The van der Waals surface area contributed by atoms with E-state index in [-0.39, 0.29) is 0 Å². The van der Waals surface area contributed by atoms with Crippen molar-refractivity contribution in [1.29, 1.82) is 0 Å². The Morgan fingerprint density at radius 3 is 2.82 bits per heavy atom. The molecule has 0 atom stereocenters. The summed E-state index contributed by atoms with van der Waals surface area (Å²) in [5, 5.41) is 8.98. The first-order valence-electron chi connectivity index (χ1n) is 3.27. The van der Waals surface area contributed by atoms with Crippen LogP contribution in [0.15, 0.2) is 30.5 Å². The second-order valence-corrected chi connectivity index (χ2v) is 3.26. The van der Waals surface area contributed by atoms with Crippen LogP contribution in [-0.2, 0) is 0 Å². The van der Waals surface area contributed by atoms with E-state index in [4.69, 9.17) is 0 Å². The van der Waals surface area contributed by atoms with Crippen molar-refractivity contribution in [2.45, 2.75) is 0 Å². The van der Waals surface area contributed by atoms with Crippen LogP contribution in [0, 0.1) is 0 Å². The molecule has 2 rings (SSSR count). The molecule has 3 heteroatoms. The summed E-state index contributed by atoms with van der Waals surface area (Å²) in [5.74, 6) is 0. The van der Waals surface area contributed by atoms with Crippen molar-refractivity contribution < 1.29 is 0 Å². The SMILES string of the molecule is [As]c1cnnc2ccccc12. The van der Waals surface area contributed by atoms with E-state index < -0.39 is 0 Å². The Kier molecular flexibility index (Phi) is 1.63. The summed E-state index contributed by atoms with van der Waals surface area (Å²) in [7, 11) is 0. The molecule has 0 fully saturated rings. The number of rotatable bonds is 0. The Hall–Kier alpha value is -0.882. The molecule has 2 radical (unpaired) electrons. The van der Waals surface area contributed by atoms with Crippen LogP contribution in [0.2, 0.25) is 0 Å². The molecular weight excluding hydrogens is 199 g/mol. The van der Waals surface area contributed by atoms with Crippen LogP contribution in [0.3, 0.4) is 0 Å². The summed E-state index contributed by atoms with van der Waals surface area (Å²) in [4.78, 5) is 0. The monoisotopic (exact) mass is 204 g/mol. The molecular formula is C8H5AsN2. The summed E-state index contributed by atoms with van der Waals surface area (Å²) in [6, 6.07) is 7.96. The van der Waals surface area contributed by atoms with Crippen LogP contribution < -0.4 is 4.35 Å². The Bertz CT molecular complexity index is 381. The molecule has 52 valence electrons. The van der Waals surface area contributed by atoms with Gasteiger partial charge in [-0.05, 0) is 0 Å². The standard InChI is InChI=1S/C8H5AsN2/c9-7-5-10-11-8-4-2-1-3-6(7)8/h1-5H. The topological polar surface area (TPSA) is 25.8 Å². The Labute approximate surface area is 73.1 Å². The molecule has 2 nitrogen and oxygen atoms in total. The molecule has 1 aromatic heterocycles. The molecule has 0 spiro atoms. The molecule has 0 amide bonds. The van der Waals surface area contributed by atoms with E-state index in [0.717, 1.165) is 15.3 Å². The Morgan fingerprint density at radius 2 is 2.00 bits per heavy atom. The van der Waals surface area contributed by atoms with E-state index in [2.05, 4.69) is 27.1 Å². The average Bonchev–Trinajstić information content (AvgIpc) is 2.06. The molecule has 0 aliphatic heterocycles. The van der Waals surface area contributed by atoms with Crippen molar-refractivity contribution in [1.82, 2.24) is 10.2 Å². The van der Waals surface area contributed by atoms with E-state index in [0.29, 0.717) is 0 Å². The van der Waals surface area contributed by atoms with Crippen molar-refractivity contribution >= 4 is 32.1 Å². The third-order valence-electron chi connectivity index (χ3n) is 1.53. The zero-order chi connectivity index (χ0) is 7.68. The molecule has 11 heavy (non-hydrogen) atoms. The van der Waals surface area contributed by atoms with E-state index in [1.54, 1.807) is 6.20 Å². The molecule has 0 aliphatic carbocycles. The van der Waals surface area contributed by atoms with Gasteiger partial charge in [0.15, 0.2) is 0 Å². The maximum atomic E-state index is 3.98. The normalized spacial score (nSPS) is 10.3. The van der Waals surface area contributed by atoms with Gasteiger partial charge >= 0.3 is 72.8 Å². The fraction of sp³-hybridized carbons (Fsp3) is 0. The minimum absolute atomic E-state index is 0.950. The van der Waals surface area contributed by atoms with Crippen molar-refractivity contribution in [2.24, 2.45) is 0 Å². The number of fused-ring (bicyclic) bond motifs is 1. The van der Waals surface area contributed by atoms with Gasteiger partial charge in [0.05, 0.1) is 0 Å². The number of hydrogen-bond donors (Lipinski definition) is 0. The quantitative estimate of drug-likeness (QED) is 0.581. The summed E-state index contributed by atoms with van der Waals surface area (Å²) in [6.45, 7) is 0. The van der Waals surface area contributed by atoms with Crippen LogP contribution in [0.5, 0.6) is 0 Å². The minimum atomic E-state index is 0.950. The van der Waals surface area contributed by atoms with Crippen LogP contribution in [-0.4, -0.2) is 27.1 Å². The van der Waals surface area contributed by atoms with Gasteiger partial charge in [-0.25, -0.2) is 0 Å². The van der Waals surface area contributed by atoms with Gasteiger partial charge in [-0.1, -0.05) is 0 Å². The second-order valence-electron chi connectivity index (χ2n) is 2.25. The molecule has 1 aromatic carbocycles. The number of aromatic nitrogens is 2. The molecule has 0 saturated carbocycles. The molecule has 0 unspecified atom stereocenters. The van der Waals surface area contributed by atoms with Crippen LogP contribution in [0.4, 0.5) is 0 Å². The first-order valence-corrected chi connectivity index (χ1v) is 4.21. The third kappa shape index (κ3) is 1.14. The van der Waals surface area contributed by atoms with Gasteiger partial charge in [0.2, 0.25) is 0 Å². The fourth-order valence-electron chi connectivity index (χ4n) is 0.993. The summed E-state index contributed by atoms with van der Waals surface area (Å²) >= 11 is 2.49. The predicted octanol–water partition coefficient (Wildman–Crippen LogP) is 0.424. The zero-order valence-corrected chi connectivity index (χ0v) is 7.60. The molecule has 1 heterocycles. The van der Waals surface area contributed by atoms with E-state index in [1.165, 1.54) is 0 Å². The summed E-state index contributed by atoms with van der Waals surface area (Å²) < 4.78 is 1.11. The molecule has 0 bridgehead atoms. The fourth-order valence-corrected chi connectivity index (χ4v) is 1.50. The van der Waals surface area contributed by atoms with Gasteiger partial charge in [-0.3, -0.25) is 0 Å². The van der Waals surface area contributed by atoms with Gasteiger partial charge in [-0.2, -0.15) is 0 Å². The van der Waals surface area contributed by atoms with Gasteiger partial charge in [0.25, 0.3) is 0 Å². The molecule has 2 aromatic rings.